The summed E-state index contributed by atoms with van der Waals surface area (Å²) in [6.07, 6.45) is -0.872. The van der Waals surface area contributed by atoms with Crippen molar-refractivity contribution in [3.8, 4) is 11.4 Å². The van der Waals surface area contributed by atoms with Crippen molar-refractivity contribution >= 4 is 11.8 Å². The molecule has 0 saturated heterocycles. The van der Waals surface area contributed by atoms with Gasteiger partial charge in [-0.05, 0) is 81.4 Å². The van der Waals surface area contributed by atoms with Crippen molar-refractivity contribution < 1.29 is 18.7 Å². The highest BCUT2D eigenvalue weighted by molar-refractivity contribution is 5.95. The molecular weight excluding hydrogens is 373 g/mol. The van der Waals surface area contributed by atoms with E-state index in [0.717, 1.165) is 17.1 Å². The van der Waals surface area contributed by atoms with Crippen molar-refractivity contribution in [2.24, 2.45) is 0 Å². The zero-order chi connectivity index (χ0) is 21.0. The fraction of sp³-hybridized carbons (Fsp3) is 0.182. The lowest BCUT2D eigenvalue weighted by molar-refractivity contribution is -0.128. The summed E-state index contributed by atoms with van der Waals surface area (Å²) in [5, 5.41) is 0. The van der Waals surface area contributed by atoms with Gasteiger partial charge in [0.05, 0.1) is 0 Å². The molecule has 6 nitrogen and oxygen atoms in total. The van der Waals surface area contributed by atoms with Crippen LogP contribution in [0.1, 0.15) is 28.7 Å². The van der Waals surface area contributed by atoms with Gasteiger partial charge in [0.25, 0.3) is 11.8 Å². The number of halogens is 1. The number of benzene rings is 2. The van der Waals surface area contributed by atoms with Crippen molar-refractivity contribution in [3.05, 3.63) is 83.4 Å². The molecule has 3 rings (SSSR count). The molecule has 0 bridgehead atoms. The van der Waals surface area contributed by atoms with Gasteiger partial charge >= 0.3 is 0 Å². The number of amides is 2. The fourth-order valence-corrected chi connectivity index (χ4v) is 2.90. The summed E-state index contributed by atoms with van der Waals surface area (Å²) in [4.78, 5) is 24.4. The second kappa shape index (κ2) is 8.60. The number of nitrogens with zero attached hydrogens (tertiary/aromatic N) is 1. The number of hydrazine groups is 1. The summed E-state index contributed by atoms with van der Waals surface area (Å²) >= 11 is 0. The summed E-state index contributed by atoms with van der Waals surface area (Å²) in [5.41, 5.74) is 8.25. The third-order valence-corrected chi connectivity index (χ3v) is 4.45. The molecule has 0 radical (unpaired) electrons. The van der Waals surface area contributed by atoms with Crippen LogP contribution in [0.15, 0.2) is 60.7 Å². The van der Waals surface area contributed by atoms with Crippen LogP contribution in [0.5, 0.6) is 5.75 Å². The topological polar surface area (TPSA) is 72.4 Å². The van der Waals surface area contributed by atoms with Crippen LogP contribution in [0, 0.1) is 19.7 Å². The molecule has 0 spiro atoms. The number of ether oxygens (including phenoxy) is 1. The second-order valence-corrected chi connectivity index (χ2v) is 6.66. The molecule has 3 aromatic rings. The number of nitrogens with one attached hydrogen (secondary N) is 2. The predicted molar refractivity (Wildman–Crippen MR) is 107 cm³/mol. The maximum Gasteiger partial charge on any atom is 0.279 e. The van der Waals surface area contributed by atoms with Gasteiger partial charge in [0.15, 0.2) is 6.10 Å². The van der Waals surface area contributed by atoms with Gasteiger partial charge in [-0.25, -0.2) is 4.39 Å². The third kappa shape index (κ3) is 4.82. The van der Waals surface area contributed by atoms with Crippen molar-refractivity contribution in [2.45, 2.75) is 26.9 Å². The molecule has 2 amide bonds. The van der Waals surface area contributed by atoms with Gasteiger partial charge < -0.3 is 9.30 Å². The molecule has 1 unspecified atom stereocenters. The van der Waals surface area contributed by atoms with Crippen molar-refractivity contribution in [2.75, 3.05) is 0 Å². The van der Waals surface area contributed by atoms with E-state index in [-0.39, 0.29) is 0 Å². The molecule has 2 aromatic carbocycles. The van der Waals surface area contributed by atoms with Crippen molar-refractivity contribution in [3.63, 3.8) is 0 Å². The Bertz CT molecular complexity index is 991. The first-order valence-corrected chi connectivity index (χ1v) is 9.13. The fourth-order valence-electron chi connectivity index (χ4n) is 2.90. The van der Waals surface area contributed by atoms with Crippen LogP contribution in [-0.2, 0) is 4.79 Å². The van der Waals surface area contributed by atoms with E-state index in [9.17, 15) is 14.0 Å². The highest BCUT2D eigenvalue weighted by Gasteiger charge is 2.16. The lowest BCUT2D eigenvalue weighted by atomic mass is 10.2. The summed E-state index contributed by atoms with van der Waals surface area (Å²) in [5.74, 6) is -1.01. The standard InChI is InChI=1S/C22H22FN3O3/c1-14-4-5-15(2)26(14)19-10-6-17(7-11-19)22(28)25-24-21(27)16(3)29-20-12-8-18(23)9-13-20/h4-13,16H,1-3H3,(H,24,27)(H,25,28). The molecular formula is C22H22FN3O3. The van der Waals surface area contributed by atoms with Gasteiger partial charge in [-0.1, -0.05) is 0 Å². The summed E-state index contributed by atoms with van der Waals surface area (Å²) < 4.78 is 20.4. The van der Waals surface area contributed by atoms with Gasteiger partial charge in [-0.2, -0.15) is 0 Å². The molecule has 150 valence electrons. The first-order valence-electron chi connectivity index (χ1n) is 9.13. The average molecular weight is 395 g/mol. The van der Waals surface area contributed by atoms with E-state index in [4.69, 9.17) is 4.74 Å². The molecule has 7 heteroatoms. The van der Waals surface area contributed by atoms with Crippen LogP contribution < -0.4 is 15.6 Å². The van der Waals surface area contributed by atoms with Gasteiger partial charge in [0.2, 0.25) is 0 Å². The van der Waals surface area contributed by atoms with Gasteiger partial charge in [0, 0.05) is 22.6 Å². The van der Waals surface area contributed by atoms with E-state index in [1.54, 1.807) is 12.1 Å². The Hall–Kier alpha value is -3.61. The quantitative estimate of drug-likeness (QED) is 0.650. The Labute approximate surface area is 168 Å². The van der Waals surface area contributed by atoms with Gasteiger partial charge in [0.1, 0.15) is 11.6 Å². The first-order chi connectivity index (χ1) is 13.8. The van der Waals surface area contributed by atoms with Crippen LogP contribution in [-0.4, -0.2) is 22.5 Å². The Morgan fingerprint density at radius 3 is 2.07 bits per heavy atom. The number of aryl methyl sites for hydroxylation is 2. The average Bonchev–Trinajstić information content (AvgIpc) is 3.05. The van der Waals surface area contributed by atoms with Crippen molar-refractivity contribution in [1.29, 1.82) is 0 Å². The smallest absolute Gasteiger partial charge is 0.279 e. The Morgan fingerprint density at radius 1 is 0.897 bits per heavy atom. The summed E-state index contributed by atoms with van der Waals surface area (Å²) in [7, 11) is 0. The molecule has 0 fully saturated rings. The molecule has 1 heterocycles. The highest BCUT2D eigenvalue weighted by Crippen LogP contribution is 2.17. The zero-order valence-corrected chi connectivity index (χ0v) is 16.4. The lowest BCUT2D eigenvalue weighted by Crippen LogP contribution is -2.47. The van der Waals surface area contributed by atoms with E-state index in [1.165, 1.54) is 31.2 Å². The lowest BCUT2D eigenvalue weighted by Gasteiger charge is -2.15. The predicted octanol–water partition coefficient (Wildman–Crippen LogP) is 3.46. The SMILES string of the molecule is Cc1ccc(C)n1-c1ccc(C(=O)NNC(=O)C(C)Oc2ccc(F)cc2)cc1. The van der Waals surface area contributed by atoms with E-state index >= 15 is 0 Å². The Morgan fingerprint density at radius 2 is 1.48 bits per heavy atom. The molecule has 1 atom stereocenters. The first kappa shape index (κ1) is 20.1. The molecule has 0 aliphatic heterocycles. The number of aromatic nitrogens is 1. The van der Waals surface area contributed by atoms with Crippen LogP contribution >= 0.6 is 0 Å². The van der Waals surface area contributed by atoms with Gasteiger partial charge in [-0.15, -0.1) is 0 Å². The third-order valence-electron chi connectivity index (χ3n) is 4.45. The van der Waals surface area contributed by atoms with Crippen molar-refractivity contribution in [1.82, 2.24) is 15.4 Å². The molecule has 0 aliphatic rings. The normalized spacial score (nSPS) is 11.6. The number of rotatable bonds is 5. The minimum atomic E-state index is -0.872. The van der Waals surface area contributed by atoms with E-state index in [0.29, 0.717) is 11.3 Å². The monoisotopic (exact) mass is 395 g/mol. The van der Waals surface area contributed by atoms with Crippen LogP contribution in [0.3, 0.4) is 0 Å². The Kier molecular flexibility index (Phi) is 5.97. The van der Waals surface area contributed by atoms with Crippen LogP contribution in [0.4, 0.5) is 4.39 Å². The Balaban J connectivity index is 1.56. The van der Waals surface area contributed by atoms with E-state index in [1.807, 2.05) is 38.1 Å². The second-order valence-electron chi connectivity index (χ2n) is 6.66. The molecule has 0 aliphatic carbocycles. The molecule has 29 heavy (non-hydrogen) atoms. The number of hydrogen-bond donors (Lipinski definition) is 2. The van der Waals surface area contributed by atoms with Gasteiger partial charge in [-0.3, -0.25) is 20.4 Å². The molecule has 0 saturated carbocycles. The number of carbonyl (C=O) groups is 2. The minimum absolute atomic E-state index is 0.353. The molecule has 1 aromatic heterocycles. The number of carbonyl (C=O) groups excluding carboxylic acids is 2. The number of hydrogen-bond acceptors (Lipinski definition) is 3. The largest absolute Gasteiger partial charge is 0.481 e. The maximum atomic E-state index is 12.9. The van der Waals surface area contributed by atoms with Crippen LogP contribution in [0.25, 0.3) is 5.69 Å². The minimum Gasteiger partial charge on any atom is -0.481 e. The zero-order valence-electron chi connectivity index (χ0n) is 16.4. The molecule has 2 N–H and O–H groups in total. The maximum absolute atomic E-state index is 12.9. The summed E-state index contributed by atoms with van der Waals surface area (Å²) in [6.45, 7) is 5.55. The van der Waals surface area contributed by atoms with Crippen LogP contribution in [0.2, 0.25) is 0 Å². The van der Waals surface area contributed by atoms with E-state index < -0.39 is 23.7 Å². The summed E-state index contributed by atoms with van der Waals surface area (Å²) in [6, 6.07) is 16.4. The van der Waals surface area contributed by atoms with E-state index in [2.05, 4.69) is 15.4 Å². The highest BCUT2D eigenvalue weighted by atomic mass is 19.1.